The highest BCUT2D eigenvalue weighted by atomic mass is 16.2. The van der Waals surface area contributed by atoms with E-state index in [0.29, 0.717) is 6.54 Å². The van der Waals surface area contributed by atoms with Crippen LogP contribution in [-0.2, 0) is 0 Å². The second-order valence-electron chi connectivity index (χ2n) is 5.71. The Balaban J connectivity index is 1.84. The van der Waals surface area contributed by atoms with Gasteiger partial charge in [-0.1, -0.05) is 17.2 Å². The summed E-state index contributed by atoms with van der Waals surface area (Å²) in [4.78, 5) is 21.4. The van der Waals surface area contributed by atoms with Gasteiger partial charge in [-0.3, -0.25) is 14.7 Å². The van der Waals surface area contributed by atoms with Crippen molar-refractivity contribution < 1.29 is 4.79 Å². The molecule has 1 amide bonds. The first-order chi connectivity index (χ1) is 9.65. The van der Waals surface area contributed by atoms with Crippen molar-refractivity contribution in [3.63, 3.8) is 0 Å². The third-order valence-electron chi connectivity index (χ3n) is 3.92. The Morgan fingerprint density at radius 1 is 1.05 bits per heavy atom. The predicted octanol–water partition coefficient (Wildman–Crippen LogP) is 2.21. The zero-order valence-corrected chi connectivity index (χ0v) is 12.2. The maximum Gasteiger partial charge on any atom is 0.260 e. The highest BCUT2D eigenvalue weighted by Crippen LogP contribution is 2.18. The van der Waals surface area contributed by atoms with Crippen molar-refractivity contribution in [2.24, 2.45) is 4.99 Å². The minimum atomic E-state index is 0.0833. The fourth-order valence-electron chi connectivity index (χ4n) is 3.07. The topological polar surface area (TPSA) is 35.9 Å². The Hall–Kier alpha value is -1.84. The Labute approximate surface area is 120 Å². The van der Waals surface area contributed by atoms with E-state index in [1.165, 1.54) is 12.8 Å². The minimum Gasteiger partial charge on any atom is -0.342 e. The lowest BCUT2D eigenvalue weighted by Gasteiger charge is -2.26. The van der Waals surface area contributed by atoms with Crippen molar-refractivity contribution in [1.29, 1.82) is 0 Å². The van der Waals surface area contributed by atoms with Crippen molar-refractivity contribution in [1.82, 2.24) is 9.80 Å². The van der Waals surface area contributed by atoms with E-state index in [1.807, 2.05) is 30.9 Å². The highest BCUT2D eigenvalue weighted by molar-refractivity contribution is 6.06. The number of rotatable bonds is 1. The van der Waals surface area contributed by atoms with Crippen molar-refractivity contribution in [2.75, 3.05) is 26.2 Å². The summed E-state index contributed by atoms with van der Waals surface area (Å²) in [6, 6.07) is 6.03. The van der Waals surface area contributed by atoms with Crippen LogP contribution in [0.2, 0.25) is 0 Å². The molecule has 4 nitrogen and oxygen atoms in total. The maximum atomic E-state index is 12.7. The van der Waals surface area contributed by atoms with Gasteiger partial charge in [0.1, 0.15) is 0 Å². The second-order valence-corrected chi connectivity index (χ2v) is 5.71. The van der Waals surface area contributed by atoms with Crippen LogP contribution in [0.3, 0.4) is 0 Å². The van der Waals surface area contributed by atoms with E-state index in [2.05, 4.69) is 16.0 Å². The molecule has 106 valence electrons. The van der Waals surface area contributed by atoms with Crippen LogP contribution >= 0.6 is 0 Å². The quantitative estimate of drug-likeness (QED) is 0.785. The van der Waals surface area contributed by atoms with E-state index in [0.717, 1.165) is 42.3 Å². The second kappa shape index (κ2) is 5.27. The number of aryl methyl sites for hydroxylation is 2. The number of nitrogens with zero attached hydrogens (tertiary/aromatic N) is 3. The summed E-state index contributed by atoms with van der Waals surface area (Å²) < 4.78 is 0. The molecule has 1 saturated heterocycles. The van der Waals surface area contributed by atoms with Gasteiger partial charge in [0, 0.05) is 25.2 Å². The molecule has 0 aromatic heterocycles. The summed E-state index contributed by atoms with van der Waals surface area (Å²) in [7, 11) is 0. The summed E-state index contributed by atoms with van der Waals surface area (Å²) in [6.45, 7) is 7.54. The molecule has 0 aliphatic carbocycles. The van der Waals surface area contributed by atoms with Crippen LogP contribution in [0.4, 0.5) is 0 Å². The molecule has 20 heavy (non-hydrogen) atoms. The van der Waals surface area contributed by atoms with E-state index >= 15 is 0 Å². The molecular formula is C16H21N3O. The van der Waals surface area contributed by atoms with Gasteiger partial charge in [0.2, 0.25) is 5.96 Å². The molecule has 2 aliphatic rings. The number of likely N-dealkylation sites (tertiary alicyclic amines) is 1. The normalized spacial score (nSPS) is 18.6. The molecule has 4 heteroatoms. The van der Waals surface area contributed by atoms with Gasteiger partial charge in [-0.25, -0.2) is 0 Å². The van der Waals surface area contributed by atoms with Gasteiger partial charge in [0.25, 0.3) is 5.91 Å². The van der Waals surface area contributed by atoms with Gasteiger partial charge < -0.3 is 4.90 Å². The van der Waals surface area contributed by atoms with Crippen LogP contribution in [0.15, 0.2) is 23.2 Å². The lowest BCUT2D eigenvalue weighted by atomic mass is 10.1. The molecule has 0 saturated carbocycles. The van der Waals surface area contributed by atoms with E-state index < -0.39 is 0 Å². The predicted molar refractivity (Wildman–Crippen MR) is 80.1 cm³/mol. The molecule has 1 fully saturated rings. The third-order valence-corrected chi connectivity index (χ3v) is 3.92. The molecule has 3 rings (SSSR count). The Kier molecular flexibility index (Phi) is 3.47. The summed E-state index contributed by atoms with van der Waals surface area (Å²) in [5, 5.41) is 0. The number of guanidine groups is 1. The number of carbonyl (C=O) groups excluding carboxylic acids is 1. The zero-order chi connectivity index (χ0) is 14.1. The van der Waals surface area contributed by atoms with Crippen LogP contribution in [0.1, 0.15) is 34.3 Å². The average Bonchev–Trinajstić information content (AvgIpc) is 3.07. The summed E-state index contributed by atoms with van der Waals surface area (Å²) >= 11 is 0. The number of aliphatic imine (C=N–C) groups is 1. The number of carbonyl (C=O) groups is 1. The summed E-state index contributed by atoms with van der Waals surface area (Å²) in [6.07, 6.45) is 2.40. The van der Waals surface area contributed by atoms with E-state index in [4.69, 9.17) is 0 Å². The SMILES string of the molecule is Cc1cc(C)cc(C(=O)N2CCN=C2N2CCCC2)c1. The monoisotopic (exact) mass is 271 g/mol. The van der Waals surface area contributed by atoms with Crippen molar-refractivity contribution in [3.8, 4) is 0 Å². The number of hydrogen-bond acceptors (Lipinski definition) is 3. The molecule has 2 heterocycles. The Morgan fingerprint density at radius 3 is 2.35 bits per heavy atom. The summed E-state index contributed by atoms with van der Waals surface area (Å²) in [5.41, 5.74) is 3.04. The lowest BCUT2D eigenvalue weighted by Crippen LogP contribution is -2.43. The smallest absolute Gasteiger partial charge is 0.260 e. The standard InChI is InChI=1S/C16H21N3O/c1-12-9-13(2)11-14(10-12)15(20)19-8-5-17-16(19)18-6-3-4-7-18/h9-11H,3-8H2,1-2H3. The van der Waals surface area contributed by atoms with Crippen LogP contribution in [0.25, 0.3) is 0 Å². The number of benzene rings is 1. The molecule has 1 aromatic rings. The molecular weight excluding hydrogens is 250 g/mol. The Bertz CT molecular complexity index is 539. The average molecular weight is 271 g/mol. The van der Waals surface area contributed by atoms with Crippen molar-refractivity contribution in [3.05, 3.63) is 34.9 Å². The molecule has 0 bridgehead atoms. The molecule has 0 unspecified atom stereocenters. The van der Waals surface area contributed by atoms with Crippen LogP contribution in [0.5, 0.6) is 0 Å². The largest absolute Gasteiger partial charge is 0.342 e. The molecule has 2 aliphatic heterocycles. The van der Waals surface area contributed by atoms with Crippen LogP contribution < -0.4 is 0 Å². The van der Waals surface area contributed by atoms with Crippen LogP contribution in [0, 0.1) is 13.8 Å². The van der Waals surface area contributed by atoms with E-state index in [9.17, 15) is 4.79 Å². The van der Waals surface area contributed by atoms with Gasteiger partial charge in [-0.15, -0.1) is 0 Å². The van der Waals surface area contributed by atoms with Crippen molar-refractivity contribution in [2.45, 2.75) is 26.7 Å². The van der Waals surface area contributed by atoms with Gasteiger partial charge in [0.05, 0.1) is 6.54 Å². The number of hydrogen-bond donors (Lipinski definition) is 0. The molecule has 1 aromatic carbocycles. The minimum absolute atomic E-state index is 0.0833. The highest BCUT2D eigenvalue weighted by Gasteiger charge is 2.30. The van der Waals surface area contributed by atoms with E-state index in [1.54, 1.807) is 0 Å². The third kappa shape index (κ3) is 2.42. The maximum absolute atomic E-state index is 12.7. The lowest BCUT2D eigenvalue weighted by molar-refractivity contribution is 0.0845. The first kappa shape index (κ1) is 13.2. The molecule has 0 radical (unpaired) electrons. The van der Waals surface area contributed by atoms with Gasteiger partial charge in [-0.05, 0) is 38.8 Å². The first-order valence-corrected chi connectivity index (χ1v) is 7.35. The molecule has 0 spiro atoms. The van der Waals surface area contributed by atoms with Crippen LogP contribution in [-0.4, -0.2) is 47.8 Å². The zero-order valence-electron chi connectivity index (χ0n) is 12.2. The Morgan fingerprint density at radius 2 is 1.70 bits per heavy atom. The number of amides is 1. The molecule has 0 atom stereocenters. The van der Waals surface area contributed by atoms with E-state index in [-0.39, 0.29) is 5.91 Å². The molecule has 0 N–H and O–H groups in total. The fourth-order valence-corrected chi connectivity index (χ4v) is 3.07. The fraction of sp³-hybridized carbons (Fsp3) is 0.500. The summed E-state index contributed by atoms with van der Waals surface area (Å²) in [5.74, 6) is 0.964. The first-order valence-electron chi connectivity index (χ1n) is 7.35. The van der Waals surface area contributed by atoms with Crippen molar-refractivity contribution >= 4 is 11.9 Å². The van der Waals surface area contributed by atoms with Gasteiger partial charge in [-0.2, -0.15) is 0 Å². The van der Waals surface area contributed by atoms with Gasteiger partial charge >= 0.3 is 0 Å². The van der Waals surface area contributed by atoms with Gasteiger partial charge in [0.15, 0.2) is 0 Å².